The quantitative estimate of drug-likeness (QED) is 0.624. The largest absolute Gasteiger partial charge is 0.389 e. The molecule has 0 radical (unpaired) electrons. The summed E-state index contributed by atoms with van der Waals surface area (Å²) in [4.78, 5) is 2.19. The standard InChI is InChI=1S/C13H26N2O2/c14-9-13(5-3-1-2-4-6-13)10-15-7-11(16)12(17)8-15/h11-12,16-17H,1-10,14H2. The van der Waals surface area contributed by atoms with Crippen LogP contribution >= 0.6 is 0 Å². The summed E-state index contributed by atoms with van der Waals surface area (Å²) in [7, 11) is 0. The molecule has 100 valence electrons. The third-order valence-electron chi connectivity index (χ3n) is 4.49. The molecule has 2 rings (SSSR count). The van der Waals surface area contributed by atoms with Gasteiger partial charge in [-0.3, -0.25) is 4.90 Å². The van der Waals surface area contributed by atoms with E-state index in [1.807, 2.05) is 0 Å². The van der Waals surface area contributed by atoms with Crippen LogP contribution in [0, 0.1) is 5.41 Å². The Morgan fingerprint density at radius 2 is 1.53 bits per heavy atom. The van der Waals surface area contributed by atoms with E-state index in [4.69, 9.17) is 5.73 Å². The Bertz CT molecular complexity index is 230. The average molecular weight is 242 g/mol. The van der Waals surface area contributed by atoms with Crippen molar-refractivity contribution in [3.63, 3.8) is 0 Å². The Labute approximate surface area is 104 Å². The maximum atomic E-state index is 9.59. The normalized spacial score (nSPS) is 34.8. The molecule has 2 fully saturated rings. The van der Waals surface area contributed by atoms with E-state index in [0.717, 1.165) is 13.1 Å². The van der Waals surface area contributed by atoms with Gasteiger partial charge in [0, 0.05) is 19.6 Å². The van der Waals surface area contributed by atoms with Gasteiger partial charge in [0.2, 0.25) is 0 Å². The van der Waals surface area contributed by atoms with Crippen molar-refractivity contribution in [3.05, 3.63) is 0 Å². The maximum absolute atomic E-state index is 9.59. The smallest absolute Gasteiger partial charge is 0.0938 e. The van der Waals surface area contributed by atoms with Gasteiger partial charge in [-0.25, -0.2) is 0 Å². The first-order valence-corrected chi connectivity index (χ1v) is 6.94. The van der Waals surface area contributed by atoms with Crippen molar-refractivity contribution < 1.29 is 10.2 Å². The van der Waals surface area contributed by atoms with Gasteiger partial charge in [-0.1, -0.05) is 25.7 Å². The Morgan fingerprint density at radius 1 is 1.00 bits per heavy atom. The minimum absolute atomic E-state index is 0.223. The van der Waals surface area contributed by atoms with E-state index in [0.29, 0.717) is 13.1 Å². The van der Waals surface area contributed by atoms with Gasteiger partial charge in [-0.15, -0.1) is 0 Å². The minimum Gasteiger partial charge on any atom is -0.389 e. The van der Waals surface area contributed by atoms with Crippen molar-refractivity contribution in [2.24, 2.45) is 11.1 Å². The van der Waals surface area contributed by atoms with Crippen LogP contribution in [0.3, 0.4) is 0 Å². The molecular formula is C13H26N2O2. The molecule has 0 amide bonds. The van der Waals surface area contributed by atoms with Crippen molar-refractivity contribution in [3.8, 4) is 0 Å². The average Bonchev–Trinajstić information content (AvgIpc) is 2.54. The summed E-state index contributed by atoms with van der Waals surface area (Å²) < 4.78 is 0. The number of nitrogens with zero attached hydrogens (tertiary/aromatic N) is 1. The van der Waals surface area contributed by atoms with Crippen LogP contribution in [-0.4, -0.2) is 53.5 Å². The second kappa shape index (κ2) is 5.65. The fourth-order valence-corrected chi connectivity index (χ4v) is 3.36. The van der Waals surface area contributed by atoms with Crippen molar-refractivity contribution in [2.45, 2.75) is 50.7 Å². The SMILES string of the molecule is NCC1(CN2CC(O)C(O)C2)CCCCCC1. The molecule has 0 aromatic rings. The lowest BCUT2D eigenvalue weighted by atomic mass is 9.80. The van der Waals surface area contributed by atoms with Crippen molar-refractivity contribution >= 4 is 0 Å². The van der Waals surface area contributed by atoms with Crippen LogP contribution in [0.1, 0.15) is 38.5 Å². The Kier molecular flexibility index (Phi) is 4.42. The highest BCUT2D eigenvalue weighted by molar-refractivity contribution is 4.91. The van der Waals surface area contributed by atoms with E-state index in [-0.39, 0.29) is 5.41 Å². The molecule has 1 aliphatic heterocycles. The molecule has 1 saturated carbocycles. The molecule has 4 N–H and O–H groups in total. The second-order valence-corrected chi connectivity index (χ2v) is 5.95. The number of hydrogen-bond acceptors (Lipinski definition) is 4. The Balaban J connectivity index is 1.94. The van der Waals surface area contributed by atoms with Crippen LogP contribution in [0.2, 0.25) is 0 Å². The molecule has 2 aliphatic rings. The van der Waals surface area contributed by atoms with E-state index in [9.17, 15) is 10.2 Å². The van der Waals surface area contributed by atoms with Gasteiger partial charge in [0.05, 0.1) is 12.2 Å². The van der Waals surface area contributed by atoms with E-state index < -0.39 is 12.2 Å². The lowest BCUT2D eigenvalue weighted by Gasteiger charge is -2.35. The topological polar surface area (TPSA) is 69.7 Å². The number of rotatable bonds is 3. The molecular weight excluding hydrogens is 216 g/mol. The Morgan fingerprint density at radius 3 is 2.00 bits per heavy atom. The van der Waals surface area contributed by atoms with Crippen LogP contribution in [-0.2, 0) is 0 Å². The first-order chi connectivity index (χ1) is 8.15. The molecule has 1 saturated heterocycles. The van der Waals surface area contributed by atoms with Gasteiger partial charge in [0.1, 0.15) is 0 Å². The zero-order valence-corrected chi connectivity index (χ0v) is 10.6. The van der Waals surface area contributed by atoms with Gasteiger partial charge in [-0.05, 0) is 24.8 Å². The predicted octanol–water partition coefficient (Wildman–Crippen LogP) is 0.323. The fourth-order valence-electron chi connectivity index (χ4n) is 3.36. The van der Waals surface area contributed by atoms with Gasteiger partial charge in [0.15, 0.2) is 0 Å². The highest BCUT2D eigenvalue weighted by atomic mass is 16.3. The summed E-state index contributed by atoms with van der Waals surface area (Å²) in [6.45, 7) is 2.87. The molecule has 1 heterocycles. The van der Waals surface area contributed by atoms with Gasteiger partial charge < -0.3 is 15.9 Å². The molecule has 4 heteroatoms. The zero-order valence-electron chi connectivity index (χ0n) is 10.6. The maximum Gasteiger partial charge on any atom is 0.0938 e. The summed E-state index contributed by atoms with van der Waals surface area (Å²) in [6, 6.07) is 0. The van der Waals surface area contributed by atoms with E-state index in [2.05, 4.69) is 4.90 Å². The van der Waals surface area contributed by atoms with Gasteiger partial charge in [0.25, 0.3) is 0 Å². The third kappa shape index (κ3) is 3.19. The summed E-state index contributed by atoms with van der Waals surface area (Å²) in [5.74, 6) is 0. The summed E-state index contributed by atoms with van der Waals surface area (Å²) in [5.41, 5.74) is 6.23. The van der Waals surface area contributed by atoms with E-state index in [1.54, 1.807) is 0 Å². The van der Waals surface area contributed by atoms with Crippen LogP contribution in [0.15, 0.2) is 0 Å². The minimum atomic E-state index is -0.574. The zero-order chi connectivity index (χ0) is 12.3. The first kappa shape index (κ1) is 13.3. The number of hydrogen-bond donors (Lipinski definition) is 3. The summed E-state index contributed by atoms with van der Waals surface area (Å²) in [6.07, 6.45) is 6.45. The van der Waals surface area contributed by atoms with E-state index >= 15 is 0 Å². The Hall–Kier alpha value is -0.160. The molecule has 1 aliphatic carbocycles. The lowest BCUT2D eigenvalue weighted by molar-refractivity contribution is 0.0572. The second-order valence-electron chi connectivity index (χ2n) is 5.95. The van der Waals surface area contributed by atoms with Crippen molar-refractivity contribution in [1.29, 1.82) is 0 Å². The highest BCUT2D eigenvalue weighted by Gasteiger charge is 2.36. The number of likely N-dealkylation sites (tertiary alicyclic amines) is 1. The van der Waals surface area contributed by atoms with Crippen LogP contribution in [0.25, 0.3) is 0 Å². The number of nitrogens with two attached hydrogens (primary N) is 1. The lowest BCUT2D eigenvalue weighted by Crippen LogP contribution is -2.42. The molecule has 0 spiro atoms. The first-order valence-electron chi connectivity index (χ1n) is 6.94. The van der Waals surface area contributed by atoms with Crippen molar-refractivity contribution in [1.82, 2.24) is 4.90 Å². The van der Waals surface area contributed by atoms with Crippen LogP contribution in [0.5, 0.6) is 0 Å². The van der Waals surface area contributed by atoms with Crippen molar-refractivity contribution in [2.75, 3.05) is 26.2 Å². The summed E-state index contributed by atoms with van der Waals surface area (Å²) >= 11 is 0. The highest BCUT2D eigenvalue weighted by Crippen LogP contribution is 2.35. The molecule has 2 atom stereocenters. The van der Waals surface area contributed by atoms with Crippen LogP contribution < -0.4 is 5.73 Å². The van der Waals surface area contributed by atoms with Crippen LogP contribution in [0.4, 0.5) is 0 Å². The molecule has 0 aromatic heterocycles. The number of β-amino-alcohol motifs (C(OH)–C–C–N with tert-alkyl or cyclic N) is 2. The number of aliphatic hydroxyl groups is 2. The summed E-state index contributed by atoms with van der Waals surface area (Å²) in [5, 5.41) is 19.2. The molecule has 17 heavy (non-hydrogen) atoms. The molecule has 2 unspecified atom stereocenters. The monoisotopic (exact) mass is 242 g/mol. The van der Waals surface area contributed by atoms with Gasteiger partial charge in [-0.2, -0.15) is 0 Å². The third-order valence-corrected chi connectivity index (χ3v) is 4.49. The molecule has 0 bridgehead atoms. The molecule has 4 nitrogen and oxygen atoms in total. The fraction of sp³-hybridized carbons (Fsp3) is 1.00. The van der Waals surface area contributed by atoms with Gasteiger partial charge >= 0.3 is 0 Å². The van der Waals surface area contributed by atoms with E-state index in [1.165, 1.54) is 38.5 Å². The number of aliphatic hydroxyl groups excluding tert-OH is 2. The predicted molar refractivity (Wildman–Crippen MR) is 67.6 cm³/mol. The molecule has 0 aromatic carbocycles.